The van der Waals surface area contributed by atoms with Crippen molar-refractivity contribution in [2.24, 2.45) is 5.92 Å². The van der Waals surface area contributed by atoms with Crippen molar-refractivity contribution in [2.75, 3.05) is 33.2 Å². The van der Waals surface area contributed by atoms with E-state index in [4.69, 9.17) is 5.11 Å². The first-order valence-corrected chi connectivity index (χ1v) is 6.26. The first-order chi connectivity index (χ1) is 8.35. The Labute approximate surface area is 108 Å². The molecule has 0 aromatic heterocycles. The van der Waals surface area contributed by atoms with Crippen molar-refractivity contribution < 1.29 is 14.7 Å². The molecular formula is C12H23N3O3. The zero-order chi connectivity index (χ0) is 13.8. The lowest BCUT2D eigenvalue weighted by Gasteiger charge is -2.48. The minimum Gasteiger partial charge on any atom is -0.481 e. The largest absolute Gasteiger partial charge is 0.481 e. The SMILES string of the molecule is CC(C)CNC(=O)CN(C)C1(CC(=O)O)CNC1. The van der Waals surface area contributed by atoms with Gasteiger partial charge in [-0.15, -0.1) is 0 Å². The number of carbonyl (C=O) groups is 2. The second-order valence-corrected chi connectivity index (χ2v) is 5.45. The Morgan fingerprint density at radius 1 is 1.44 bits per heavy atom. The van der Waals surface area contributed by atoms with Crippen LogP contribution in [0.3, 0.4) is 0 Å². The summed E-state index contributed by atoms with van der Waals surface area (Å²) in [6, 6.07) is 0. The van der Waals surface area contributed by atoms with Gasteiger partial charge in [0.05, 0.1) is 18.5 Å². The van der Waals surface area contributed by atoms with Crippen LogP contribution in [0.2, 0.25) is 0 Å². The van der Waals surface area contributed by atoms with Crippen LogP contribution in [-0.2, 0) is 9.59 Å². The number of hydrogen-bond donors (Lipinski definition) is 3. The number of aliphatic carboxylic acids is 1. The second-order valence-electron chi connectivity index (χ2n) is 5.45. The van der Waals surface area contributed by atoms with Gasteiger partial charge in [0.25, 0.3) is 0 Å². The lowest BCUT2D eigenvalue weighted by molar-refractivity contribution is -0.142. The summed E-state index contributed by atoms with van der Waals surface area (Å²) in [5.41, 5.74) is -0.416. The van der Waals surface area contributed by atoms with Crippen LogP contribution in [0.4, 0.5) is 0 Å². The van der Waals surface area contributed by atoms with Gasteiger partial charge in [0, 0.05) is 19.6 Å². The summed E-state index contributed by atoms with van der Waals surface area (Å²) in [4.78, 5) is 24.4. The molecule has 18 heavy (non-hydrogen) atoms. The predicted octanol–water partition coefficient (Wildman–Crippen LogP) is -0.493. The van der Waals surface area contributed by atoms with Gasteiger partial charge in [-0.2, -0.15) is 0 Å². The highest BCUT2D eigenvalue weighted by molar-refractivity contribution is 5.78. The summed E-state index contributed by atoms with van der Waals surface area (Å²) >= 11 is 0. The summed E-state index contributed by atoms with van der Waals surface area (Å²) in [6.45, 7) is 6.19. The zero-order valence-electron chi connectivity index (χ0n) is 11.3. The van der Waals surface area contributed by atoms with Gasteiger partial charge in [-0.05, 0) is 13.0 Å². The molecule has 3 N–H and O–H groups in total. The molecule has 1 heterocycles. The molecule has 0 saturated carbocycles. The maximum atomic E-state index is 11.7. The fourth-order valence-electron chi connectivity index (χ4n) is 1.98. The Morgan fingerprint density at radius 3 is 2.44 bits per heavy atom. The number of rotatable bonds is 7. The number of hydrogen-bond acceptors (Lipinski definition) is 4. The van der Waals surface area contributed by atoms with Crippen molar-refractivity contribution in [3.63, 3.8) is 0 Å². The number of carboxylic acid groups (broad SMARTS) is 1. The highest BCUT2D eigenvalue weighted by atomic mass is 16.4. The molecule has 1 fully saturated rings. The fraction of sp³-hybridized carbons (Fsp3) is 0.833. The molecule has 1 amide bonds. The number of amides is 1. The third-order valence-corrected chi connectivity index (χ3v) is 3.29. The van der Waals surface area contributed by atoms with Gasteiger partial charge in [-0.3, -0.25) is 14.5 Å². The number of nitrogens with zero attached hydrogens (tertiary/aromatic N) is 1. The van der Waals surface area contributed by atoms with Crippen molar-refractivity contribution in [3.8, 4) is 0 Å². The van der Waals surface area contributed by atoms with Gasteiger partial charge < -0.3 is 15.7 Å². The van der Waals surface area contributed by atoms with Crippen LogP contribution in [-0.4, -0.2) is 60.6 Å². The molecule has 0 unspecified atom stereocenters. The molecule has 0 aromatic carbocycles. The van der Waals surface area contributed by atoms with Crippen LogP contribution in [0, 0.1) is 5.92 Å². The monoisotopic (exact) mass is 257 g/mol. The molecule has 1 saturated heterocycles. The summed E-state index contributed by atoms with van der Waals surface area (Å²) in [6.07, 6.45) is 0.0635. The topological polar surface area (TPSA) is 81.7 Å². The molecule has 0 atom stereocenters. The molecule has 0 bridgehead atoms. The minimum atomic E-state index is -0.828. The van der Waals surface area contributed by atoms with E-state index in [0.29, 0.717) is 25.6 Å². The van der Waals surface area contributed by atoms with E-state index in [0.717, 1.165) is 0 Å². The van der Waals surface area contributed by atoms with Crippen LogP contribution >= 0.6 is 0 Å². The number of nitrogens with one attached hydrogen (secondary N) is 2. The van der Waals surface area contributed by atoms with E-state index >= 15 is 0 Å². The molecule has 0 aromatic rings. The van der Waals surface area contributed by atoms with Gasteiger partial charge in [-0.1, -0.05) is 13.8 Å². The van der Waals surface area contributed by atoms with E-state index in [9.17, 15) is 9.59 Å². The Morgan fingerprint density at radius 2 is 2.06 bits per heavy atom. The molecule has 104 valence electrons. The molecule has 6 nitrogen and oxygen atoms in total. The highest BCUT2D eigenvalue weighted by Gasteiger charge is 2.43. The van der Waals surface area contributed by atoms with E-state index < -0.39 is 11.5 Å². The van der Waals surface area contributed by atoms with E-state index in [1.165, 1.54) is 0 Å². The number of likely N-dealkylation sites (N-methyl/N-ethyl adjacent to an activating group) is 1. The van der Waals surface area contributed by atoms with Crippen LogP contribution in [0.25, 0.3) is 0 Å². The van der Waals surface area contributed by atoms with Crippen molar-refractivity contribution in [1.29, 1.82) is 0 Å². The molecule has 0 spiro atoms. The van der Waals surface area contributed by atoms with E-state index in [-0.39, 0.29) is 18.9 Å². The molecular weight excluding hydrogens is 234 g/mol. The summed E-state index contributed by atoms with van der Waals surface area (Å²) < 4.78 is 0. The van der Waals surface area contributed by atoms with Crippen LogP contribution < -0.4 is 10.6 Å². The maximum Gasteiger partial charge on any atom is 0.305 e. The maximum absolute atomic E-state index is 11.7. The number of carbonyl (C=O) groups excluding carboxylic acids is 1. The van der Waals surface area contributed by atoms with Crippen molar-refractivity contribution in [3.05, 3.63) is 0 Å². The van der Waals surface area contributed by atoms with Gasteiger partial charge >= 0.3 is 5.97 Å². The average Bonchev–Trinajstić information content (AvgIpc) is 2.20. The zero-order valence-corrected chi connectivity index (χ0v) is 11.3. The number of carboxylic acids is 1. The van der Waals surface area contributed by atoms with Crippen LogP contribution in [0.1, 0.15) is 20.3 Å². The van der Waals surface area contributed by atoms with E-state index in [2.05, 4.69) is 10.6 Å². The Balaban J connectivity index is 2.45. The van der Waals surface area contributed by atoms with Gasteiger partial charge in [0.2, 0.25) is 5.91 Å². The molecule has 1 rings (SSSR count). The molecule has 6 heteroatoms. The minimum absolute atomic E-state index is 0.0529. The smallest absolute Gasteiger partial charge is 0.305 e. The van der Waals surface area contributed by atoms with Gasteiger partial charge in [-0.25, -0.2) is 0 Å². The molecule has 1 aliphatic rings. The Hall–Kier alpha value is -1.14. The lowest BCUT2D eigenvalue weighted by Crippen LogP contribution is -2.69. The lowest BCUT2D eigenvalue weighted by atomic mass is 9.87. The molecule has 1 aliphatic heterocycles. The van der Waals surface area contributed by atoms with Crippen LogP contribution in [0.5, 0.6) is 0 Å². The highest BCUT2D eigenvalue weighted by Crippen LogP contribution is 2.23. The first-order valence-electron chi connectivity index (χ1n) is 6.26. The second kappa shape index (κ2) is 6.15. The van der Waals surface area contributed by atoms with E-state index in [1.54, 1.807) is 7.05 Å². The Kier molecular flexibility index (Phi) is 5.10. The molecule has 0 aliphatic carbocycles. The predicted molar refractivity (Wildman–Crippen MR) is 68.3 cm³/mol. The third kappa shape index (κ3) is 3.96. The Bertz CT molecular complexity index is 314. The summed E-state index contributed by atoms with van der Waals surface area (Å²) in [7, 11) is 1.80. The first kappa shape index (κ1) is 14.9. The van der Waals surface area contributed by atoms with Crippen molar-refractivity contribution in [2.45, 2.75) is 25.8 Å². The van der Waals surface area contributed by atoms with Gasteiger partial charge in [0.1, 0.15) is 0 Å². The van der Waals surface area contributed by atoms with Gasteiger partial charge in [0.15, 0.2) is 0 Å². The molecule has 0 radical (unpaired) electrons. The van der Waals surface area contributed by atoms with Crippen molar-refractivity contribution in [1.82, 2.24) is 15.5 Å². The average molecular weight is 257 g/mol. The quantitative estimate of drug-likeness (QED) is 0.573. The summed E-state index contributed by atoms with van der Waals surface area (Å²) in [5.74, 6) is -0.466. The van der Waals surface area contributed by atoms with Crippen LogP contribution in [0.15, 0.2) is 0 Å². The standard InChI is InChI=1S/C12H23N3O3/c1-9(2)5-14-10(16)6-15(3)12(4-11(17)18)7-13-8-12/h9,13H,4-8H2,1-3H3,(H,14,16)(H,17,18). The third-order valence-electron chi connectivity index (χ3n) is 3.29. The fourth-order valence-corrected chi connectivity index (χ4v) is 1.98. The normalized spacial score (nSPS) is 17.6. The summed E-state index contributed by atoms with van der Waals surface area (Å²) in [5, 5.41) is 14.8. The van der Waals surface area contributed by atoms with E-state index in [1.807, 2.05) is 18.7 Å². The van der Waals surface area contributed by atoms with Crippen molar-refractivity contribution >= 4 is 11.9 Å².